The predicted molar refractivity (Wildman–Crippen MR) is 79.5 cm³/mol. The maximum Gasteiger partial charge on any atom is 0.185 e. The molecule has 0 bridgehead atoms. The fourth-order valence-corrected chi connectivity index (χ4v) is 1.91. The zero-order valence-corrected chi connectivity index (χ0v) is 11.6. The van der Waals surface area contributed by atoms with Gasteiger partial charge in [-0.25, -0.2) is 0 Å². The molecule has 2 aromatic carbocycles. The first-order valence-corrected chi connectivity index (χ1v) is 6.33. The highest BCUT2D eigenvalue weighted by molar-refractivity contribution is 6.30. The quantitative estimate of drug-likeness (QED) is 0.684. The maximum absolute atomic E-state index is 12.0. The van der Waals surface area contributed by atoms with E-state index in [1.54, 1.807) is 24.3 Å². The van der Waals surface area contributed by atoms with Gasteiger partial charge in [-0.15, -0.1) is 0 Å². The first-order chi connectivity index (χ1) is 9.60. The Morgan fingerprint density at radius 1 is 1.25 bits per heavy atom. The van der Waals surface area contributed by atoms with E-state index in [4.69, 9.17) is 16.3 Å². The van der Waals surface area contributed by atoms with E-state index in [1.807, 2.05) is 12.1 Å². The number of methoxy groups -OCH3 is 1. The Hall–Kier alpha value is -2.26. The third kappa shape index (κ3) is 3.39. The number of aromatic hydroxyl groups is 1. The van der Waals surface area contributed by atoms with E-state index in [0.29, 0.717) is 10.6 Å². The van der Waals surface area contributed by atoms with Crippen molar-refractivity contribution in [2.24, 2.45) is 0 Å². The highest BCUT2D eigenvalue weighted by Gasteiger charge is 2.07. The SMILES string of the molecule is COc1cc(C(=O)C=Cc2cccc(Cl)c2)ccc1O. The zero-order chi connectivity index (χ0) is 14.5. The molecule has 0 spiro atoms. The van der Waals surface area contributed by atoms with E-state index in [0.717, 1.165) is 5.56 Å². The lowest BCUT2D eigenvalue weighted by atomic mass is 10.1. The van der Waals surface area contributed by atoms with Crippen molar-refractivity contribution >= 4 is 23.5 Å². The Labute approximate surface area is 122 Å². The number of carbonyl (C=O) groups excluding carboxylic acids is 1. The molecule has 0 aliphatic carbocycles. The second kappa shape index (κ2) is 6.26. The summed E-state index contributed by atoms with van der Waals surface area (Å²) >= 11 is 5.87. The molecule has 0 aliphatic rings. The molecule has 0 aliphatic heterocycles. The van der Waals surface area contributed by atoms with E-state index in [2.05, 4.69) is 0 Å². The molecule has 2 aromatic rings. The zero-order valence-electron chi connectivity index (χ0n) is 10.8. The molecule has 0 amide bonds. The number of rotatable bonds is 4. The molecule has 1 N–H and O–H groups in total. The largest absolute Gasteiger partial charge is 0.504 e. The smallest absolute Gasteiger partial charge is 0.185 e. The number of hydrogen-bond acceptors (Lipinski definition) is 3. The molecule has 0 fully saturated rings. The van der Waals surface area contributed by atoms with E-state index in [9.17, 15) is 9.90 Å². The minimum atomic E-state index is -0.178. The molecule has 3 nitrogen and oxygen atoms in total. The summed E-state index contributed by atoms with van der Waals surface area (Å²) in [6.45, 7) is 0. The number of ketones is 1. The van der Waals surface area contributed by atoms with Crippen LogP contribution in [0, 0.1) is 0 Å². The van der Waals surface area contributed by atoms with Crippen LogP contribution in [0.4, 0.5) is 0 Å². The number of phenolic OH excluding ortho intramolecular Hbond substituents is 1. The van der Waals surface area contributed by atoms with Crippen LogP contribution in [-0.2, 0) is 0 Å². The van der Waals surface area contributed by atoms with Gasteiger partial charge in [0, 0.05) is 10.6 Å². The lowest BCUT2D eigenvalue weighted by Crippen LogP contribution is -1.95. The second-order valence-corrected chi connectivity index (χ2v) is 4.58. The van der Waals surface area contributed by atoms with Crippen LogP contribution in [0.2, 0.25) is 5.02 Å². The molecule has 102 valence electrons. The van der Waals surface area contributed by atoms with Gasteiger partial charge in [0.2, 0.25) is 0 Å². The first-order valence-electron chi connectivity index (χ1n) is 5.95. The fraction of sp³-hybridized carbons (Fsp3) is 0.0625. The summed E-state index contributed by atoms with van der Waals surface area (Å²) in [4.78, 5) is 12.0. The number of benzene rings is 2. The Morgan fingerprint density at radius 3 is 2.75 bits per heavy atom. The Bertz CT molecular complexity index is 663. The fourth-order valence-electron chi connectivity index (χ4n) is 1.71. The monoisotopic (exact) mass is 288 g/mol. The Morgan fingerprint density at radius 2 is 2.05 bits per heavy atom. The normalized spacial score (nSPS) is 10.7. The van der Waals surface area contributed by atoms with E-state index >= 15 is 0 Å². The third-order valence-electron chi connectivity index (χ3n) is 2.74. The van der Waals surface area contributed by atoms with Gasteiger partial charge in [-0.3, -0.25) is 4.79 Å². The van der Waals surface area contributed by atoms with Crippen LogP contribution in [0.3, 0.4) is 0 Å². The van der Waals surface area contributed by atoms with E-state index < -0.39 is 0 Å². The molecular formula is C16H13ClO3. The summed E-state index contributed by atoms with van der Waals surface area (Å²) in [5.74, 6) is 0.0955. The molecule has 0 unspecified atom stereocenters. The minimum Gasteiger partial charge on any atom is -0.504 e. The van der Waals surface area contributed by atoms with Crippen LogP contribution in [0.1, 0.15) is 15.9 Å². The van der Waals surface area contributed by atoms with Gasteiger partial charge in [-0.2, -0.15) is 0 Å². The van der Waals surface area contributed by atoms with Crippen LogP contribution < -0.4 is 4.74 Å². The number of halogens is 1. The molecule has 0 saturated carbocycles. The summed E-state index contributed by atoms with van der Waals surface area (Å²) in [5, 5.41) is 10.1. The molecule has 0 atom stereocenters. The van der Waals surface area contributed by atoms with Crippen molar-refractivity contribution in [2.45, 2.75) is 0 Å². The summed E-state index contributed by atoms with van der Waals surface area (Å²) in [6, 6.07) is 11.7. The average molecular weight is 289 g/mol. The highest BCUT2D eigenvalue weighted by Crippen LogP contribution is 2.26. The van der Waals surface area contributed by atoms with Crippen molar-refractivity contribution < 1.29 is 14.6 Å². The lowest BCUT2D eigenvalue weighted by Gasteiger charge is -2.04. The van der Waals surface area contributed by atoms with Gasteiger partial charge in [0.25, 0.3) is 0 Å². The predicted octanol–water partition coefficient (Wildman–Crippen LogP) is 3.95. The van der Waals surface area contributed by atoms with Crippen molar-refractivity contribution in [3.8, 4) is 11.5 Å². The van der Waals surface area contributed by atoms with Crippen molar-refractivity contribution in [1.82, 2.24) is 0 Å². The summed E-state index contributed by atoms with van der Waals surface area (Å²) < 4.78 is 4.97. The summed E-state index contributed by atoms with van der Waals surface area (Å²) in [6.07, 6.45) is 3.14. The van der Waals surface area contributed by atoms with Crippen molar-refractivity contribution in [2.75, 3.05) is 7.11 Å². The number of allylic oxidation sites excluding steroid dienone is 1. The molecule has 4 heteroatoms. The standard InChI is InChI=1S/C16H13ClO3/c1-20-16-10-12(6-8-15(16)19)14(18)7-5-11-3-2-4-13(17)9-11/h2-10,19H,1H3. The number of ether oxygens (including phenoxy) is 1. The average Bonchev–Trinajstić information content (AvgIpc) is 2.45. The molecule has 0 saturated heterocycles. The first kappa shape index (κ1) is 14.2. The molecule has 20 heavy (non-hydrogen) atoms. The third-order valence-corrected chi connectivity index (χ3v) is 2.98. The Balaban J connectivity index is 2.20. The minimum absolute atomic E-state index is 0.00266. The van der Waals surface area contributed by atoms with Crippen molar-refractivity contribution in [3.63, 3.8) is 0 Å². The van der Waals surface area contributed by atoms with Crippen LogP contribution in [0.25, 0.3) is 6.08 Å². The van der Waals surface area contributed by atoms with Gasteiger partial charge in [0.05, 0.1) is 7.11 Å². The molecule has 0 radical (unpaired) electrons. The van der Waals surface area contributed by atoms with Gasteiger partial charge in [-0.1, -0.05) is 29.8 Å². The second-order valence-electron chi connectivity index (χ2n) is 4.14. The van der Waals surface area contributed by atoms with Crippen LogP contribution >= 0.6 is 11.6 Å². The molecule has 0 heterocycles. The van der Waals surface area contributed by atoms with E-state index in [-0.39, 0.29) is 17.3 Å². The van der Waals surface area contributed by atoms with Crippen molar-refractivity contribution in [1.29, 1.82) is 0 Å². The van der Waals surface area contributed by atoms with Crippen LogP contribution in [-0.4, -0.2) is 18.0 Å². The van der Waals surface area contributed by atoms with Crippen LogP contribution in [0.15, 0.2) is 48.5 Å². The van der Waals surface area contributed by atoms with E-state index in [1.165, 1.54) is 25.3 Å². The number of phenols is 1. The number of carbonyl (C=O) groups is 1. The Kier molecular flexibility index (Phi) is 4.43. The summed E-state index contributed by atoms with van der Waals surface area (Å²) in [5.41, 5.74) is 1.29. The van der Waals surface area contributed by atoms with Gasteiger partial charge in [-0.05, 0) is 42.0 Å². The topological polar surface area (TPSA) is 46.5 Å². The molecule has 2 rings (SSSR count). The van der Waals surface area contributed by atoms with Crippen molar-refractivity contribution in [3.05, 3.63) is 64.7 Å². The van der Waals surface area contributed by atoms with Gasteiger partial charge >= 0.3 is 0 Å². The highest BCUT2D eigenvalue weighted by atomic mass is 35.5. The van der Waals surface area contributed by atoms with Gasteiger partial charge in [0.1, 0.15) is 0 Å². The summed E-state index contributed by atoms with van der Waals surface area (Å²) in [7, 11) is 1.44. The van der Waals surface area contributed by atoms with Gasteiger partial charge < -0.3 is 9.84 Å². The van der Waals surface area contributed by atoms with Gasteiger partial charge in [0.15, 0.2) is 17.3 Å². The molecule has 0 aromatic heterocycles. The van der Waals surface area contributed by atoms with Crippen LogP contribution in [0.5, 0.6) is 11.5 Å². The lowest BCUT2D eigenvalue weighted by molar-refractivity contribution is 0.104. The molecular weight excluding hydrogens is 276 g/mol. The number of hydrogen-bond donors (Lipinski definition) is 1. The maximum atomic E-state index is 12.0.